The Bertz CT molecular complexity index is 312. The molecule has 88 valence electrons. The number of aliphatic imine (C=N–C) groups is 1. The highest BCUT2D eigenvalue weighted by molar-refractivity contribution is 9.11. The van der Waals surface area contributed by atoms with Gasteiger partial charge in [-0.2, -0.15) is 0 Å². The minimum Gasteiger partial charge on any atom is -0.309 e. The lowest BCUT2D eigenvalue weighted by Gasteiger charge is -2.07. The molecule has 1 aliphatic heterocycles. The maximum absolute atomic E-state index is 4.52. The van der Waals surface area contributed by atoms with Crippen LogP contribution in [0.2, 0.25) is 0 Å². The Balaban J connectivity index is 2.49. The molecule has 0 amide bonds. The summed E-state index contributed by atoms with van der Waals surface area (Å²) in [6, 6.07) is 0.587. The Kier molecular flexibility index (Phi) is 5.71. The van der Waals surface area contributed by atoms with Crippen LogP contribution in [0.5, 0.6) is 0 Å². The van der Waals surface area contributed by atoms with Gasteiger partial charge in [0, 0.05) is 16.7 Å². The molecule has 3 heteroatoms. The van der Waals surface area contributed by atoms with Gasteiger partial charge in [0.05, 0.1) is 6.04 Å². The fourth-order valence-corrected chi connectivity index (χ4v) is 1.91. The lowest BCUT2D eigenvalue weighted by atomic mass is 10.2. The standard InChI is InChI=1S/C13H19BrN2/c1-4-10(2)8-13(14)11(3)16-9-12-6-5-7-15-12/h4,8-9,11-12,15H,1-2,5-7H2,3H3/b13-8-,16-9?/t11-,12-/m0/s1. The van der Waals surface area contributed by atoms with Crippen molar-refractivity contribution in [1.82, 2.24) is 5.32 Å². The minimum absolute atomic E-state index is 0.138. The van der Waals surface area contributed by atoms with Crippen molar-refractivity contribution in [2.24, 2.45) is 4.99 Å². The average molecular weight is 283 g/mol. The third kappa shape index (κ3) is 4.45. The Morgan fingerprint density at radius 2 is 2.38 bits per heavy atom. The van der Waals surface area contributed by atoms with Gasteiger partial charge in [-0.3, -0.25) is 4.99 Å². The van der Waals surface area contributed by atoms with Gasteiger partial charge in [0.1, 0.15) is 0 Å². The molecule has 1 saturated heterocycles. The van der Waals surface area contributed by atoms with Gasteiger partial charge in [-0.15, -0.1) is 0 Å². The molecule has 0 unspecified atom stereocenters. The maximum atomic E-state index is 4.52. The van der Waals surface area contributed by atoms with E-state index in [2.05, 4.69) is 46.3 Å². The van der Waals surface area contributed by atoms with Crippen LogP contribution in [-0.2, 0) is 0 Å². The second-order valence-corrected chi connectivity index (χ2v) is 4.90. The highest BCUT2D eigenvalue weighted by Gasteiger charge is 2.11. The van der Waals surface area contributed by atoms with Crippen LogP contribution in [-0.4, -0.2) is 24.8 Å². The number of rotatable bonds is 5. The molecule has 1 N–H and O–H groups in total. The third-order valence-corrected chi connectivity index (χ3v) is 3.46. The van der Waals surface area contributed by atoms with E-state index in [1.807, 2.05) is 12.3 Å². The lowest BCUT2D eigenvalue weighted by Crippen LogP contribution is -2.23. The fraction of sp³-hybridized carbons (Fsp3) is 0.462. The first-order valence-electron chi connectivity index (χ1n) is 5.58. The van der Waals surface area contributed by atoms with Crippen LogP contribution in [0.15, 0.2) is 40.4 Å². The molecule has 0 bridgehead atoms. The molecule has 0 aromatic rings. The molecule has 0 radical (unpaired) electrons. The molecule has 1 aliphatic rings. The van der Waals surface area contributed by atoms with Crippen LogP contribution < -0.4 is 5.32 Å². The smallest absolute Gasteiger partial charge is 0.0782 e. The van der Waals surface area contributed by atoms with Crippen molar-refractivity contribution in [2.45, 2.75) is 31.8 Å². The largest absolute Gasteiger partial charge is 0.309 e. The molecule has 1 heterocycles. The highest BCUT2D eigenvalue weighted by Crippen LogP contribution is 2.16. The summed E-state index contributed by atoms with van der Waals surface area (Å²) in [4.78, 5) is 4.52. The summed E-state index contributed by atoms with van der Waals surface area (Å²) in [5, 5.41) is 3.39. The summed E-state index contributed by atoms with van der Waals surface area (Å²) in [7, 11) is 0. The Morgan fingerprint density at radius 1 is 1.62 bits per heavy atom. The molecule has 1 fully saturated rings. The Hall–Kier alpha value is -0.670. The lowest BCUT2D eigenvalue weighted by molar-refractivity contribution is 0.764. The van der Waals surface area contributed by atoms with Crippen molar-refractivity contribution in [3.8, 4) is 0 Å². The SMILES string of the molecule is C=CC(=C)/C=C(\Br)[C@H](C)N=C[C@@H]1CCCN1. The van der Waals surface area contributed by atoms with Crippen molar-refractivity contribution >= 4 is 22.1 Å². The van der Waals surface area contributed by atoms with Gasteiger partial charge in [-0.25, -0.2) is 0 Å². The van der Waals surface area contributed by atoms with E-state index in [4.69, 9.17) is 0 Å². The highest BCUT2D eigenvalue weighted by atomic mass is 79.9. The molecule has 2 atom stereocenters. The quantitative estimate of drug-likeness (QED) is 0.608. The molecular formula is C13H19BrN2. The Labute approximate surface area is 106 Å². The van der Waals surface area contributed by atoms with Gasteiger partial charge < -0.3 is 5.32 Å². The number of halogens is 1. The normalized spacial score (nSPS) is 23.6. The first-order chi connectivity index (χ1) is 7.63. The predicted molar refractivity (Wildman–Crippen MR) is 75.3 cm³/mol. The first kappa shape index (κ1) is 13.4. The number of nitrogens with zero attached hydrogens (tertiary/aromatic N) is 1. The summed E-state index contributed by atoms with van der Waals surface area (Å²) in [5.41, 5.74) is 0.896. The van der Waals surface area contributed by atoms with Gasteiger partial charge in [0.25, 0.3) is 0 Å². The van der Waals surface area contributed by atoms with Gasteiger partial charge in [-0.1, -0.05) is 35.2 Å². The van der Waals surface area contributed by atoms with Crippen LogP contribution in [0.4, 0.5) is 0 Å². The van der Waals surface area contributed by atoms with Gasteiger partial charge in [0.15, 0.2) is 0 Å². The van der Waals surface area contributed by atoms with E-state index in [0.717, 1.165) is 16.6 Å². The second-order valence-electron chi connectivity index (χ2n) is 3.99. The van der Waals surface area contributed by atoms with E-state index in [1.165, 1.54) is 12.8 Å². The second kappa shape index (κ2) is 6.81. The maximum Gasteiger partial charge on any atom is 0.0782 e. The van der Waals surface area contributed by atoms with Crippen LogP contribution in [0, 0.1) is 0 Å². The summed E-state index contributed by atoms with van der Waals surface area (Å²) < 4.78 is 1.03. The molecule has 2 nitrogen and oxygen atoms in total. The predicted octanol–water partition coefficient (Wildman–Crippen LogP) is 3.22. The third-order valence-electron chi connectivity index (χ3n) is 2.57. The van der Waals surface area contributed by atoms with Crippen LogP contribution >= 0.6 is 15.9 Å². The monoisotopic (exact) mass is 282 g/mol. The zero-order valence-electron chi connectivity index (χ0n) is 9.75. The number of nitrogens with one attached hydrogen (secondary N) is 1. The molecule has 0 aromatic heterocycles. The van der Waals surface area contributed by atoms with Crippen molar-refractivity contribution in [3.05, 3.63) is 35.4 Å². The van der Waals surface area contributed by atoms with E-state index in [0.29, 0.717) is 6.04 Å². The van der Waals surface area contributed by atoms with Crippen molar-refractivity contribution < 1.29 is 0 Å². The van der Waals surface area contributed by atoms with E-state index < -0.39 is 0 Å². The summed E-state index contributed by atoms with van der Waals surface area (Å²) in [5.74, 6) is 0. The fourth-order valence-electron chi connectivity index (χ4n) is 1.50. The topological polar surface area (TPSA) is 24.4 Å². The molecule has 0 aliphatic carbocycles. The molecule has 1 rings (SSSR count). The van der Waals surface area contributed by atoms with Gasteiger partial charge >= 0.3 is 0 Å². The Morgan fingerprint density at radius 3 is 2.94 bits per heavy atom. The molecule has 0 spiro atoms. The van der Waals surface area contributed by atoms with Crippen molar-refractivity contribution in [2.75, 3.05) is 6.54 Å². The molecule has 0 aromatic carbocycles. The van der Waals surface area contributed by atoms with Gasteiger partial charge in [0.2, 0.25) is 0 Å². The molecule has 16 heavy (non-hydrogen) atoms. The van der Waals surface area contributed by atoms with Gasteiger partial charge in [-0.05, 0) is 38.0 Å². The molecular weight excluding hydrogens is 264 g/mol. The zero-order valence-corrected chi connectivity index (χ0v) is 11.3. The average Bonchev–Trinajstić information content (AvgIpc) is 2.78. The summed E-state index contributed by atoms with van der Waals surface area (Å²) >= 11 is 3.51. The van der Waals surface area contributed by atoms with Crippen molar-refractivity contribution in [3.63, 3.8) is 0 Å². The van der Waals surface area contributed by atoms with E-state index in [-0.39, 0.29) is 6.04 Å². The van der Waals surface area contributed by atoms with Crippen LogP contribution in [0.1, 0.15) is 19.8 Å². The number of hydrogen-bond donors (Lipinski definition) is 1. The first-order valence-corrected chi connectivity index (χ1v) is 6.38. The summed E-state index contributed by atoms with van der Waals surface area (Å²) in [6.45, 7) is 10.7. The molecule has 0 saturated carbocycles. The number of hydrogen-bond acceptors (Lipinski definition) is 2. The van der Waals surface area contributed by atoms with E-state index >= 15 is 0 Å². The van der Waals surface area contributed by atoms with E-state index in [9.17, 15) is 0 Å². The van der Waals surface area contributed by atoms with E-state index in [1.54, 1.807) is 6.08 Å². The zero-order chi connectivity index (χ0) is 12.0. The summed E-state index contributed by atoms with van der Waals surface area (Å²) in [6.07, 6.45) is 8.14. The van der Waals surface area contributed by atoms with Crippen LogP contribution in [0.3, 0.4) is 0 Å². The van der Waals surface area contributed by atoms with Crippen molar-refractivity contribution in [1.29, 1.82) is 0 Å². The minimum atomic E-state index is 0.138. The van der Waals surface area contributed by atoms with Crippen LogP contribution in [0.25, 0.3) is 0 Å². The number of allylic oxidation sites excluding steroid dienone is 3.